The highest BCUT2D eigenvalue weighted by atomic mass is 35.5. The molecule has 2 aromatic carbocycles. The molecule has 0 spiro atoms. The largest absolute Gasteiger partial charge is 0.479 e. The predicted octanol–water partition coefficient (Wildman–Crippen LogP) is 3.96. The summed E-state index contributed by atoms with van der Waals surface area (Å²) >= 11 is 5.91. The van der Waals surface area contributed by atoms with E-state index < -0.39 is 6.10 Å². The molecule has 0 saturated carbocycles. The van der Waals surface area contributed by atoms with Crippen molar-refractivity contribution in [3.63, 3.8) is 0 Å². The summed E-state index contributed by atoms with van der Waals surface area (Å²) in [5.74, 6) is 0.727. The minimum Gasteiger partial charge on any atom is -0.479 e. The first-order chi connectivity index (χ1) is 10.0. The quantitative estimate of drug-likeness (QED) is 0.840. The van der Waals surface area contributed by atoms with Gasteiger partial charge in [0.2, 0.25) is 0 Å². The Kier molecular flexibility index (Phi) is 3.60. The summed E-state index contributed by atoms with van der Waals surface area (Å²) in [5, 5.41) is 0.691. The number of halogens is 1. The first-order valence-corrected chi connectivity index (χ1v) is 7.25. The maximum absolute atomic E-state index is 12.4. The molecule has 0 bridgehead atoms. The summed E-state index contributed by atoms with van der Waals surface area (Å²) in [6.07, 6.45) is -0.465. The second-order valence-electron chi connectivity index (χ2n) is 5.28. The summed E-state index contributed by atoms with van der Waals surface area (Å²) in [5.41, 5.74) is 2.96. The summed E-state index contributed by atoms with van der Waals surface area (Å²) in [4.78, 5) is 14.2. The van der Waals surface area contributed by atoms with Crippen LogP contribution >= 0.6 is 11.6 Å². The van der Waals surface area contributed by atoms with Gasteiger partial charge in [-0.3, -0.25) is 4.79 Å². The standard InChI is InChI=1S/C17H16ClNO2/c1-11-3-8-16-15(9-11)19(17(20)12(2)21-16)10-13-4-6-14(18)7-5-13/h3-9,12H,10H2,1-2H3/t12-/m0/s1. The van der Waals surface area contributed by atoms with E-state index in [2.05, 4.69) is 0 Å². The monoisotopic (exact) mass is 301 g/mol. The predicted molar refractivity (Wildman–Crippen MR) is 83.9 cm³/mol. The molecule has 108 valence electrons. The smallest absolute Gasteiger partial charge is 0.268 e. The van der Waals surface area contributed by atoms with Gasteiger partial charge in [-0.2, -0.15) is 0 Å². The molecule has 0 unspecified atom stereocenters. The van der Waals surface area contributed by atoms with Gasteiger partial charge in [-0.1, -0.05) is 29.8 Å². The summed E-state index contributed by atoms with van der Waals surface area (Å²) in [7, 11) is 0. The Balaban J connectivity index is 1.98. The Morgan fingerprint density at radius 1 is 1.19 bits per heavy atom. The van der Waals surface area contributed by atoms with Crippen LogP contribution in [0.5, 0.6) is 5.75 Å². The van der Waals surface area contributed by atoms with Crippen molar-refractivity contribution in [1.82, 2.24) is 0 Å². The van der Waals surface area contributed by atoms with Crippen molar-refractivity contribution < 1.29 is 9.53 Å². The van der Waals surface area contributed by atoms with E-state index in [9.17, 15) is 4.79 Å². The minimum absolute atomic E-state index is 0.0250. The molecule has 1 heterocycles. The lowest BCUT2D eigenvalue weighted by Gasteiger charge is -2.33. The number of fused-ring (bicyclic) bond motifs is 1. The topological polar surface area (TPSA) is 29.5 Å². The number of nitrogens with zero attached hydrogens (tertiary/aromatic N) is 1. The van der Waals surface area contributed by atoms with E-state index in [-0.39, 0.29) is 5.91 Å². The zero-order valence-corrected chi connectivity index (χ0v) is 12.7. The molecular weight excluding hydrogens is 286 g/mol. The Morgan fingerprint density at radius 2 is 1.90 bits per heavy atom. The number of rotatable bonds is 2. The fraction of sp³-hybridized carbons (Fsp3) is 0.235. The third-order valence-corrected chi connectivity index (χ3v) is 3.83. The molecule has 0 saturated heterocycles. The number of aryl methyl sites for hydroxylation is 1. The van der Waals surface area contributed by atoms with Crippen molar-refractivity contribution in [1.29, 1.82) is 0 Å². The summed E-state index contributed by atoms with van der Waals surface area (Å²) in [6.45, 7) is 4.30. The molecule has 1 aliphatic heterocycles. The molecule has 0 fully saturated rings. The van der Waals surface area contributed by atoms with Gasteiger partial charge in [0, 0.05) is 5.02 Å². The highest BCUT2D eigenvalue weighted by molar-refractivity contribution is 6.30. The van der Waals surface area contributed by atoms with Crippen LogP contribution in [0.4, 0.5) is 5.69 Å². The molecule has 21 heavy (non-hydrogen) atoms. The van der Waals surface area contributed by atoms with Gasteiger partial charge in [-0.15, -0.1) is 0 Å². The molecule has 1 aliphatic rings. The van der Waals surface area contributed by atoms with Crippen LogP contribution in [0, 0.1) is 6.92 Å². The van der Waals surface area contributed by atoms with Gasteiger partial charge in [-0.25, -0.2) is 0 Å². The minimum atomic E-state index is -0.465. The number of carbonyl (C=O) groups excluding carboxylic acids is 1. The average molecular weight is 302 g/mol. The van der Waals surface area contributed by atoms with Crippen molar-refractivity contribution in [2.75, 3.05) is 4.90 Å². The van der Waals surface area contributed by atoms with E-state index in [1.54, 1.807) is 11.8 Å². The van der Waals surface area contributed by atoms with Gasteiger partial charge < -0.3 is 9.64 Å². The zero-order valence-electron chi connectivity index (χ0n) is 12.0. The van der Waals surface area contributed by atoms with Gasteiger partial charge in [0.05, 0.1) is 12.2 Å². The lowest BCUT2D eigenvalue weighted by atomic mass is 10.1. The third kappa shape index (κ3) is 2.74. The maximum Gasteiger partial charge on any atom is 0.268 e. The summed E-state index contributed by atoms with van der Waals surface area (Å²) < 4.78 is 5.67. The van der Waals surface area contributed by atoms with Crippen LogP contribution in [0.1, 0.15) is 18.1 Å². The van der Waals surface area contributed by atoms with Crippen LogP contribution in [-0.4, -0.2) is 12.0 Å². The number of carbonyl (C=O) groups is 1. The number of hydrogen-bond acceptors (Lipinski definition) is 2. The van der Waals surface area contributed by atoms with Gasteiger partial charge in [-0.05, 0) is 49.2 Å². The van der Waals surface area contributed by atoms with E-state index in [4.69, 9.17) is 16.3 Å². The Labute approximate surface area is 129 Å². The number of ether oxygens (including phenoxy) is 1. The van der Waals surface area contributed by atoms with Crippen LogP contribution in [0.3, 0.4) is 0 Å². The fourth-order valence-corrected chi connectivity index (χ4v) is 2.58. The SMILES string of the molecule is Cc1ccc2c(c1)N(Cc1ccc(Cl)cc1)C(=O)[C@H](C)O2. The summed E-state index contributed by atoms with van der Waals surface area (Å²) in [6, 6.07) is 13.4. The van der Waals surface area contributed by atoms with Crippen LogP contribution in [-0.2, 0) is 11.3 Å². The Bertz CT molecular complexity index is 682. The number of anilines is 1. The van der Waals surface area contributed by atoms with Gasteiger partial charge in [0.1, 0.15) is 5.75 Å². The second kappa shape index (κ2) is 5.41. The van der Waals surface area contributed by atoms with Crippen molar-refractivity contribution in [2.45, 2.75) is 26.5 Å². The number of benzene rings is 2. The van der Waals surface area contributed by atoms with Crippen LogP contribution in [0.15, 0.2) is 42.5 Å². The lowest BCUT2D eigenvalue weighted by Crippen LogP contribution is -2.44. The molecule has 4 heteroatoms. The number of amides is 1. The molecular formula is C17H16ClNO2. The molecule has 0 radical (unpaired) electrons. The van der Waals surface area contributed by atoms with Crippen molar-refractivity contribution >= 4 is 23.2 Å². The van der Waals surface area contributed by atoms with E-state index in [1.807, 2.05) is 49.4 Å². The Morgan fingerprint density at radius 3 is 2.62 bits per heavy atom. The van der Waals surface area contributed by atoms with Crippen molar-refractivity contribution in [2.24, 2.45) is 0 Å². The van der Waals surface area contributed by atoms with Crippen molar-refractivity contribution in [3.8, 4) is 5.75 Å². The van der Waals surface area contributed by atoms with Crippen LogP contribution in [0.25, 0.3) is 0 Å². The van der Waals surface area contributed by atoms with Crippen LogP contribution < -0.4 is 9.64 Å². The third-order valence-electron chi connectivity index (χ3n) is 3.58. The first kappa shape index (κ1) is 14.0. The van der Waals surface area contributed by atoms with Crippen LogP contribution in [0.2, 0.25) is 5.02 Å². The second-order valence-corrected chi connectivity index (χ2v) is 5.72. The molecule has 1 atom stereocenters. The van der Waals surface area contributed by atoms with Gasteiger partial charge >= 0.3 is 0 Å². The molecule has 0 N–H and O–H groups in total. The molecule has 0 aliphatic carbocycles. The Hall–Kier alpha value is -2.00. The van der Waals surface area contributed by atoms with Crippen molar-refractivity contribution in [3.05, 3.63) is 58.6 Å². The highest BCUT2D eigenvalue weighted by Crippen LogP contribution is 2.35. The molecule has 2 aromatic rings. The molecule has 1 amide bonds. The van der Waals surface area contributed by atoms with E-state index in [0.717, 1.165) is 22.6 Å². The fourth-order valence-electron chi connectivity index (χ4n) is 2.45. The maximum atomic E-state index is 12.4. The van der Waals surface area contributed by atoms with Gasteiger partial charge in [0.25, 0.3) is 5.91 Å². The van der Waals surface area contributed by atoms with Gasteiger partial charge in [0.15, 0.2) is 6.10 Å². The highest BCUT2D eigenvalue weighted by Gasteiger charge is 2.31. The van der Waals surface area contributed by atoms with E-state index >= 15 is 0 Å². The first-order valence-electron chi connectivity index (χ1n) is 6.88. The molecule has 3 nitrogen and oxygen atoms in total. The lowest BCUT2D eigenvalue weighted by molar-refractivity contribution is -0.125. The normalized spacial score (nSPS) is 17.4. The zero-order chi connectivity index (χ0) is 15.0. The number of hydrogen-bond donors (Lipinski definition) is 0. The molecule has 0 aromatic heterocycles. The molecule has 3 rings (SSSR count). The average Bonchev–Trinajstić information content (AvgIpc) is 2.47. The van der Waals surface area contributed by atoms with E-state index in [1.165, 1.54) is 0 Å². The van der Waals surface area contributed by atoms with E-state index in [0.29, 0.717) is 11.6 Å².